The fraction of sp³-hybridized carbons (Fsp3) is 0.265. The molecule has 0 atom stereocenters. The molecule has 48 heavy (non-hydrogen) atoms. The highest BCUT2D eigenvalue weighted by Gasteiger charge is 2.27. The van der Waals surface area contributed by atoms with Crippen LogP contribution in [0, 0.1) is 5.82 Å². The average molecular weight is 647 g/mol. The van der Waals surface area contributed by atoms with Gasteiger partial charge in [-0.05, 0) is 29.8 Å². The number of fused-ring (bicyclic) bond motifs is 2. The third kappa shape index (κ3) is 5.59. The van der Waals surface area contributed by atoms with Crippen molar-refractivity contribution in [3.63, 3.8) is 0 Å². The van der Waals surface area contributed by atoms with Gasteiger partial charge in [0.1, 0.15) is 5.82 Å². The van der Waals surface area contributed by atoms with Gasteiger partial charge >= 0.3 is 0 Å². The molecular formula is C34H31FN10O3. The lowest BCUT2D eigenvalue weighted by atomic mass is 10.0. The molecule has 2 aliphatic heterocycles. The Hall–Kier alpha value is -5.76. The molecule has 1 amide bonds. The van der Waals surface area contributed by atoms with Crippen LogP contribution in [0.25, 0.3) is 33.1 Å². The zero-order valence-electron chi connectivity index (χ0n) is 25.9. The van der Waals surface area contributed by atoms with Gasteiger partial charge in [-0.2, -0.15) is 25.1 Å². The molecule has 13 nitrogen and oxygen atoms in total. The predicted molar refractivity (Wildman–Crippen MR) is 178 cm³/mol. The number of hydrogen-bond acceptors (Lipinski definition) is 10. The number of nitrogens with one attached hydrogen (secondary N) is 2. The highest BCUT2D eigenvalue weighted by molar-refractivity contribution is 5.95. The number of morpholine rings is 1. The van der Waals surface area contributed by atoms with E-state index in [4.69, 9.17) is 19.7 Å². The van der Waals surface area contributed by atoms with Crippen LogP contribution in [0.4, 0.5) is 16.3 Å². The number of carbonyl (C=O) groups excluding carboxylic acids is 1. The lowest BCUT2D eigenvalue weighted by molar-refractivity contribution is 0.0741. The minimum atomic E-state index is -0.587. The highest BCUT2D eigenvalue weighted by atomic mass is 19.1. The van der Waals surface area contributed by atoms with Crippen molar-refractivity contribution in [1.82, 2.24) is 40.2 Å². The van der Waals surface area contributed by atoms with Crippen LogP contribution in [0.15, 0.2) is 71.7 Å². The van der Waals surface area contributed by atoms with E-state index in [0.717, 1.165) is 16.5 Å². The number of rotatable bonds is 6. The Morgan fingerprint density at radius 2 is 1.56 bits per heavy atom. The van der Waals surface area contributed by atoms with Gasteiger partial charge in [0.15, 0.2) is 5.82 Å². The molecule has 3 aromatic heterocycles. The lowest BCUT2D eigenvalue weighted by Crippen LogP contribution is -2.49. The Bertz CT molecular complexity index is 2210. The van der Waals surface area contributed by atoms with E-state index < -0.39 is 5.82 Å². The molecule has 0 aliphatic carbocycles. The van der Waals surface area contributed by atoms with Crippen LogP contribution in [0.3, 0.4) is 0 Å². The van der Waals surface area contributed by atoms with Gasteiger partial charge in [-0.25, -0.2) is 9.49 Å². The van der Waals surface area contributed by atoms with Crippen molar-refractivity contribution in [1.29, 1.82) is 0 Å². The quantitative estimate of drug-likeness (QED) is 0.276. The molecule has 3 aromatic carbocycles. The maximum absolute atomic E-state index is 15.1. The highest BCUT2D eigenvalue weighted by Crippen LogP contribution is 2.28. The van der Waals surface area contributed by atoms with Crippen molar-refractivity contribution in [2.45, 2.75) is 6.42 Å². The number of H-pyrrole nitrogens is 2. The topological polar surface area (TPSA) is 149 Å². The number of aromatic amines is 2. The predicted octanol–water partition coefficient (Wildman–Crippen LogP) is 3.18. The third-order valence-electron chi connectivity index (χ3n) is 8.89. The summed E-state index contributed by atoms with van der Waals surface area (Å²) < 4.78 is 20.7. The van der Waals surface area contributed by atoms with Gasteiger partial charge in [-0.1, -0.05) is 36.4 Å². The lowest BCUT2D eigenvalue weighted by Gasteiger charge is -2.35. The number of carbonyl (C=O) groups is 1. The minimum absolute atomic E-state index is 0.0000575. The van der Waals surface area contributed by atoms with Crippen LogP contribution in [0.2, 0.25) is 0 Å². The summed E-state index contributed by atoms with van der Waals surface area (Å²) in [6.07, 6.45) is 2.09. The largest absolute Gasteiger partial charge is 0.378 e. The van der Waals surface area contributed by atoms with Crippen LogP contribution in [0.5, 0.6) is 0 Å². The number of amides is 1. The first kappa shape index (κ1) is 29.6. The Kier molecular flexibility index (Phi) is 7.68. The van der Waals surface area contributed by atoms with Gasteiger partial charge in [0.25, 0.3) is 11.5 Å². The molecule has 2 saturated heterocycles. The van der Waals surface area contributed by atoms with Crippen LogP contribution in [0.1, 0.15) is 21.6 Å². The normalized spacial score (nSPS) is 15.4. The molecule has 8 rings (SSSR count). The van der Waals surface area contributed by atoms with Gasteiger partial charge < -0.3 is 19.4 Å². The number of piperazine rings is 1. The molecule has 14 heteroatoms. The van der Waals surface area contributed by atoms with Crippen molar-refractivity contribution < 1.29 is 13.9 Å². The number of hydrogen-bond donors (Lipinski definition) is 2. The SMILES string of the molecule is O=C(c1cc(Cc2n[nH]c(=O)c3ccccc23)ccc1F)N1CCN(c2nc(-c3cccc4[nH]ncc34)nc(N3CCOCC3)n2)CC1. The molecule has 2 aliphatic rings. The summed E-state index contributed by atoms with van der Waals surface area (Å²) in [6, 6.07) is 17.6. The fourth-order valence-electron chi connectivity index (χ4n) is 6.31. The Morgan fingerprint density at radius 1 is 0.812 bits per heavy atom. The van der Waals surface area contributed by atoms with Crippen LogP contribution in [-0.4, -0.2) is 98.6 Å². The molecule has 6 aromatic rings. The van der Waals surface area contributed by atoms with Crippen LogP contribution >= 0.6 is 0 Å². The van der Waals surface area contributed by atoms with Crippen molar-refractivity contribution in [3.05, 3.63) is 99.9 Å². The summed E-state index contributed by atoms with van der Waals surface area (Å²) in [5.74, 6) is 0.654. The number of benzene rings is 3. The zero-order chi connectivity index (χ0) is 32.6. The number of anilines is 2. The summed E-state index contributed by atoms with van der Waals surface area (Å²) >= 11 is 0. The van der Waals surface area contributed by atoms with Crippen molar-refractivity contribution >= 4 is 39.5 Å². The molecular weight excluding hydrogens is 615 g/mol. The van der Waals surface area contributed by atoms with E-state index in [1.54, 1.807) is 35.4 Å². The maximum atomic E-state index is 15.1. The molecule has 0 unspecified atom stereocenters. The van der Waals surface area contributed by atoms with E-state index in [-0.39, 0.29) is 17.0 Å². The van der Waals surface area contributed by atoms with Crippen molar-refractivity contribution in [3.8, 4) is 11.4 Å². The summed E-state index contributed by atoms with van der Waals surface area (Å²) in [7, 11) is 0. The van der Waals surface area contributed by atoms with Gasteiger partial charge in [0, 0.05) is 62.0 Å². The second-order valence-corrected chi connectivity index (χ2v) is 11.8. The van der Waals surface area contributed by atoms with Gasteiger partial charge in [-0.3, -0.25) is 14.7 Å². The van der Waals surface area contributed by atoms with Crippen LogP contribution in [-0.2, 0) is 11.2 Å². The van der Waals surface area contributed by atoms with E-state index in [0.29, 0.717) is 98.7 Å². The summed E-state index contributed by atoms with van der Waals surface area (Å²) in [5, 5.41) is 16.1. The molecule has 0 spiro atoms. The first-order valence-electron chi connectivity index (χ1n) is 15.8. The van der Waals surface area contributed by atoms with Gasteiger partial charge in [0.2, 0.25) is 11.9 Å². The van der Waals surface area contributed by atoms with Gasteiger partial charge in [-0.15, -0.1) is 0 Å². The first-order valence-corrected chi connectivity index (χ1v) is 15.8. The first-order chi connectivity index (χ1) is 23.5. The minimum Gasteiger partial charge on any atom is -0.378 e. The van der Waals surface area contributed by atoms with E-state index >= 15 is 4.39 Å². The Labute approximate surface area is 273 Å². The number of halogens is 1. The molecule has 0 saturated carbocycles. The second kappa shape index (κ2) is 12.4. The summed E-state index contributed by atoms with van der Waals surface area (Å²) in [4.78, 5) is 46.3. The van der Waals surface area contributed by atoms with Crippen LogP contribution < -0.4 is 15.4 Å². The maximum Gasteiger partial charge on any atom is 0.272 e. The van der Waals surface area contributed by atoms with Crippen molar-refractivity contribution in [2.24, 2.45) is 0 Å². The molecule has 242 valence electrons. The summed E-state index contributed by atoms with van der Waals surface area (Å²) in [6.45, 7) is 4.15. The number of nitrogens with zero attached hydrogens (tertiary/aromatic N) is 8. The molecule has 0 radical (unpaired) electrons. The smallest absolute Gasteiger partial charge is 0.272 e. The Balaban J connectivity index is 1.03. The van der Waals surface area contributed by atoms with E-state index in [2.05, 4.69) is 25.3 Å². The van der Waals surface area contributed by atoms with E-state index in [1.807, 2.05) is 35.2 Å². The van der Waals surface area contributed by atoms with E-state index in [9.17, 15) is 9.59 Å². The monoisotopic (exact) mass is 646 g/mol. The number of aromatic nitrogens is 7. The average Bonchev–Trinajstić information content (AvgIpc) is 3.63. The third-order valence-corrected chi connectivity index (χ3v) is 8.89. The molecule has 5 heterocycles. The van der Waals surface area contributed by atoms with Crippen molar-refractivity contribution in [2.75, 3.05) is 62.3 Å². The second-order valence-electron chi connectivity index (χ2n) is 11.8. The van der Waals surface area contributed by atoms with E-state index in [1.165, 1.54) is 6.07 Å². The fourth-order valence-corrected chi connectivity index (χ4v) is 6.31. The zero-order valence-corrected chi connectivity index (χ0v) is 25.9. The Morgan fingerprint density at radius 3 is 2.35 bits per heavy atom. The molecule has 2 N–H and O–H groups in total. The van der Waals surface area contributed by atoms with Gasteiger partial charge in [0.05, 0.1) is 41.6 Å². The standard InChI is InChI=1S/C34H31FN10O3/c35-27-9-8-21(19-29-22-4-1-2-5-24(22)31(46)42-41-29)18-25(27)32(47)43-10-12-44(13-11-43)33-37-30(23-6-3-7-28-26(23)20-36-40-28)38-34(39-33)45-14-16-48-17-15-45/h1-9,18,20H,10-17,19H2,(H,36,40)(H,42,46). The molecule has 0 bridgehead atoms. The summed E-state index contributed by atoms with van der Waals surface area (Å²) in [5.41, 5.74) is 2.80. The number of ether oxygens (including phenoxy) is 1. The molecule has 2 fully saturated rings.